The number of aromatic nitrogens is 3. The van der Waals surface area contributed by atoms with Gasteiger partial charge in [-0.25, -0.2) is 18.4 Å². The van der Waals surface area contributed by atoms with E-state index in [0.29, 0.717) is 13.1 Å². The van der Waals surface area contributed by atoms with Gasteiger partial charge in [-0.1, -0.05) is 0 Å². The maximum atomic E-state index is 12.6. The van der Waals surface area contributed by atoms with Crippen LogP contribution in [-0.2, 0) is 10.0 Å². The van der Waals surface area contributed by atoms with Gasteiger partial charge >= 0.3 is 0 Å². The quantitative estimate of drug-likeness (QED) is 0.906. The molecule has 0 amide bonds. The van der Waals surface area contributed by atoms with Crippen LogP contribution in [0.25, 0.3) is 11.0 Å². The molecule has 24 heavy (non-hydrogen) atoms. The van der Waals surface area contributed by atoms with Crippen LogP contribution in [-0.4, -0.2) is 59.1 Å². The molecule has 2 aromatic heterocycles. The molecule has 130 valence electrons. The molecule has 0 bridgehead atoms. The van der Waals surface area contributed by atoms with Crippen LogP contribution < -0.4 is 4.90 Å². The minimum absolute atomic E-state index is 0.0737. The van der Waals surface area contributed by atoms with Gasteiger partial charge in [0.15, 0.2) is 0 Å². The molecule has 1 saturated carbocycles. The van der Waals surface area contributed by atoms with Crippen LogP contribution in [0.4, 0.5) is 5.82 Å². The summed E-state index contributed by atoms with van der Waals surface area (Å²) in [6, 6.07) is 2.12. The lowest BCUT2D eigenvalue weighted by Gasteiger charge is -2.30. The maximum absolute atomic E-state index is 12.6. The molecular formula is C16H23N5O2S. The minimum atomic E-state index is -3.22. The second kappa shape index (κ2) is 5.16. The summed E-state index contributed by atoms with van der Waals surface area (Å²) < 4.78 is 26.9. The van der Waals surface area contributed by atoms with Crippen LogP contribution in [0, 0.1) is 5.41 Å². The van der Waals surface area contributed by atoms with Gasteiger partial charge in [-0.15, -0.1) is 0 Å². The highest BCUT2D eigenvalue weighted by Gasteiger charge is 2.59. The number of H-pyrrole nitrogens is 1. The molecule has 1 unspecified atom stereocenters. The number of hydrogen-bond acceptors (Lipinski definition) is 5. The van der Waals surface area contributed by atoms with Crippen molar-refractivity contribution in [3.05, 3.63) is 18.6 Å². The third-order valence-corrected chi connectivity index (χ3v) is 7.75. The standard InChI is InChI=1S/C16H23N5O2S/c1-11(2)24(22,23)21-8-13(16(9-21)5-6-16)20(3)15-12-4-7-17-14(12)18-10-19-15/h4,7,10-11,13H,5-6,8-9H2,1-3H3,(H,17,18,19). The number of fused-ring (bicyclic) bond motifs is 1. The average molecular weight is 349 g/mol. The number of sulfonamides is 1. The molecule has 2 aliphatic rings. The van der Waals surface area contributed by atoms with Crippen molar-refractivity contribution in [2.45, 2.75) is 38.0 Å². The average Bonchev–Trinajstić information content (AvgIpc) is 2.98. The summed E-state index contributed by atoms with van der Waals surface area (Å²) in [7, 11) is -1.20. The molecule has 1 spiro atoms. The number of anilines is 1. The molecule has 4 rings (SSSR count). The Labute approximate surface area is 142 Å². The summed E-state index contributed by atoms with van der Waals surface area (Å²) in [5.74, 6) is 0.862. The van der Waals surface area contributed by atoms with Gasteiger partial charge in [0.1, 0.15) is 17.8 Å². The van der Waals surface area contributed by atoms with E-state index in [-0.39, 0.29) is 16.7 Å². The Bertz CT molecular complexity index is 871. The monoisotopic (exact) mass is 349 g/mol. The van der Waals surface area contributed by atoms with Gasteiger partial charge in [-0.05, 0) is 32.8 Å². The van der Waals surface area contributed by atoms with Crippen LogP contribution in [0.1, 0.15) is 26.7 Å². The van der Waals surface area contributed by atoms with Crippen molar-refractivity contribution in [1.82, 2.24) is 19.3 Å². The van der Waals surface area contributed by atoms with Crippen LogP contribution >= 0.6 is 0 Å². The Balaban J connectivity index is 1.68. The highest BCUT2D eigenvalue weighted by molar-refractivity contribution is 7.89. The van der Waals surface area contributed by atoms with E-state index in [1.165, 1.54) is 0 Å². The van der Waals surface area contributed by atoms with E-state index in [0.717, 1.165) is 29.7 Å². The second-order valence-electron chi connectivity index (χ2n) is 7.31. The Morgan fingerprint density at radius 3 is 2.79 bits per heavy atom. The van der Waals surface area contributed by atoms with Crippen molar-refractivity contribution in [3.8, 4) is 0 Å². The first-order chi connectivity index (χ1) is 11.3. The lowest BCUT2D eigenvalue weighted by molar-refractivity contribution is 0.442. The lowest BCUT2D eigenvalue weighted by atomic mass is 9.99. The highest BCUT2D eigenvalue weighted by Crippen LogP contribution is 2.55. The fourth-order valence-corrected chi connectivity index (χ4v) is 5.25. The third kappa shape index (κ3) is 2.23. The van der Waals surface area contributed by atoms with Crippen molar-refractivity contribution in [1.29, 1.82) is 0 Å². The van der Waals surface area contributed by atoms with Crippen molar-refractivity contribution < 1.29 is 8.42 Å². The Kier molecular flexibility index (Phi) is 3.41. The molecule has 1 aliphatic carbocycles. The first kappa shape index (κ1) is 15.8. The topological polar surface area (TPSA) is 82.2 Å². The predicted molar refractivity (Wildman–Crippen MR) is 93.4 cm³/mol. The summed E-state index contributed by atoms with van der Waals surface area (Å²) in [6.07, 6.45) is 5.57. The van der Waals surface area contributed by atoms with Gasteiger partial charge in [-0.2, -0.15) is 4.31 Å². The maximum Gasteiger partial charge on any atom is 0.216 e. The first-order valence-electron chi connectivity index (χ1n) is 8.35. The Morgan fingerprint density at radius 1 is 1.38 bits per heavy atom. The van der Waals surface area contributed by atoms with E-state index < -0.39 is 10.0 Å². The molecule has 0 radical (unpaired) electrons. The van der Waals surface area contributed by atoms with Gasteiger partial charge < -0.3 is 9.88 Å². The van der Waals surface area contributed by atoms with E-state index in [1.54, 1.807) is 24.5 Å². The van der Waals surface area contributed by atoms with Gasteiger partial charge in [0.2, 0.25) is 10.0 Å². The summed E-state index contributed by atoms with van der Waals surface area (Å²) >= 11 is 0. The number of nitrogens with one attached hydrogen (secondary N) is 1. The van der Waals surface area contributed by atoms with Gasteiger partial charge in [-0.3, -0.25) is 0 Å². The van der Waals surface area contributed by atoms with E-state index in [1.807, 2.05) is 19.3 Å². The van der Waals surface area contributed by atoms with E-state index in [9.17, 15) is 8.42 Å². The number of nitrogens with zero attached hydrogens (tertiary/aromatic N) is 4. The molecule has 7 nitrogen and oxygen atoms in total. The van der Waals surface area contributed by atoms with Crippen LogP contribution in [0.5, 0.6) is 0 Å². The van der Waals surface area contributed by atoms with Crippen molar-refractivity contribution >= 4 is 26.9 Å². The van der Waals surface area contributed by atoms with Crippen LogP contribution in [0.3, 0.4) is 0 Å². The van der Waals surface area contributed by atoms with E-state index in [4.69, 9.17) is 0 Å². The Hall–Kier alpha value is -1.67. The van der Waals surface area contributed by atoms with Gasteiger partial charge in [0.05, 0.1) is 16.7 Å². The van der Waals surface area contributed by atoms with E-state index in [2.05, 4.69) is 19.9 Å². The van der Waals surface area contributed by atoms with Gasteiger partial charge in [0.25, 0.3) is 0 Å². The minimum Gasteiger partial charge on any atom is -0.354 e. The van der Waals surface area contributed by atoms with Crippen LogP contribution in [0.15, 0.2) is 18.6 Å². The third-order valence-electron chi connectivity index (χ3n) is 5.56. The van der Waals surface area contributed by atoms with E-state index >= 15 is 0 Å². The Morgan fingerprint density at radius 2 is 2.12 bits per heavy atom. The zero-order chi connectivity index (χ0) is 17.1. The fourth-order valence-electron chi connectivity index (χ4n) is 3.87. The molecule has 0 aromatic carbocycles. The molecule has 3 heterocycles. The number of aromatic amines is 1. The lowest BCUT2D eigenvalue weighted by Crippen LogP contribution is -2.41. The number of likely N-dealkylation sites (N-methyl/N-ethyl adjacent to an activating group) is 1. The zero-order valence-corrected chi connectivity index (χ0v) is 15.0. The summed E-state index contributed by atoms with van der Waals surface area (Å²) in [5.41, 5.74) is 0.881. The molecule has 1 saturated heterocycles. The number of hydrogen-bond donors (Lipinski definition) is 1. The fraction of sp³-hybridized carbons (Fsp3) is 0.625. The summed E-state index contributed by atoms with van der Waals surface area (Å²) in [4.78, 5) is 14.0. The van der Waals surface area contributed by atoms with Crippen molar-refractivity contribution in [2.24, 2.45) is 5.41 Å². The van der Waals surface area contributed by atoms with Crippen LogP contribution in [0.2, 0.25) is 0 Å². The molecule has 2 fully saturated rings. The molecular weight excluding hydrogens is 326 g/mol. The van der Waals surface area contributed by atoms with Crippen molar-refractivity contribution in [3.63, 3.8) is 0 Å². The SMILES string of the molecule is CC(C)S(=O)(=O)N1CC(N(C)c2ncnc3[nH]ccc23)C2(CC2)C1. The predicted octanol–water partition coefficient (Wildman–Crippen LogP) is 1.60. The van der Waals surface area contributed by atoms with Crippen molar-refractivity contribution in [2.75, 3.05) is 25.0 Å². The molecule has 1 atom stereocenters. The first-order valence-corrected chi connectivity index (χ1v) is 9.85. The molecule has 2 aromatic rings. The molecule has 1 aliphatic heterocycles. The molecule has 8 heteroatoms. The van der Waals surface area contributed by atoms with Gasteiger partial charge in [0, 0.05) is 31.7 Å². The largest absolute Gasteiger partial charge is 0.354 e. The zero-order valence-electron chi connectivity index (χ0n) is 14.2. The summed E-state index contributed by atoms with van der Waals surface area (Å²) in [6.45, 7) is 4.66. The normalized spacial score (nSPS) is 23.4. The second-order valence-corrected chi connectivity index (χ2v) is 9.80. The molecule has 1 N–H and O–H groups in total. The summed E-state index contributed by atoms with van der Waals surface area (Å²) in [5, 5.41) is 0.591. The smallest absolute Gasteiger partial charge is 0.216 e. The highest BCUT2D eigenvalue weighted by atomic mass is 32.2. The number of rotatable bonds is 4.